The Kier molecular flexibility index (Phi) is 2.03. The number of nitrogens with one attached hydrogen (secondary N) is 1. The summed E-state index contributed by atoms with van der Waals surface area (Å²) in [5.41, 5.74) is 1.26. The number of rotatable bonds is 1. The summed E-state index contributed by atoms with van der Waals surface area (Å²) < 4.78 is 25.2. The van der Waals surface area contributed by atoms with Gasteiger partial charge in [0.1, 0.15) is 5.52 Å². The van der Waals surface area contributed by atoms with E-state index in [-0.39, 0.29) is 5.56 Å². The highest BCUT2D eigenvalue weighted by atomic mass is 79.9. The molecule has 0 saturated carbocycles. The molecule has 2 aromatic rings. The molecule has 0 aliphatic rings. The summed E-state index contributed by atoms with van der Waals surface area (Å²) in [5, 5.41) is 0. The predicted molar refractivity (Wildman–Crippen MR) is 48.8 cm³/mol. The van der Waals surface area contributed by atoms with Crippen LogP contribution in [-0.4, -0.2) is 9.97 Å². The molecule has 0 spiro atoms. The zero-order valence-electron chi connectivity index (χ0n) is 6.39. The number of H-pyrrole nitrogens is 1. The van der Waals surface area contributed by atoms with Crippen LogP contribution in [0.25, 0.3) is 11.0 Å². The second-order valence-corrected chi connectivity index (χ2v) is 3.36. The molecule has 1 aromatic carbocycles. The van der Waals surface area contributed by atoms with Crippen LogP contribution >= 0.6 is 15.9 Å². The molecule has 1 aromatic heterocycles. The number of aromatic nitrogens is 2. The van der Waals surface area contributed by atoms with Crippen LogP contribution in [0.5, 0.6) is 0 Å². The van der Waals surface area contributed by atoms with Crippen molar-refractivity contribution >= 4 is 27.0 Å². The third kappa shape index (κ3) is 1.33. The number of imidazole rings is 1. The molecule has 0 unspecified atom stereocenters. The Morgan fingerprint density at radius 1 is 1.38 bits per heavy atom. The largest absolute Gasteiger partial charge is 0.345 e. The molecule has 2 rings (SSSR count). The maximum atomic E-state index is 12.4. The van der Waals surface area contributed by atoms with Crippen molar-refractivity contribution in [1.82, 2.24) is 9.97 Å². The summed E-state index contributed by atoms with van der Waals surface area (Å²) in [6.45, 7) is 0. The van der Waals surface area contributed by atoms with E-state index in [0.717, 1.165) is 5.52 Å². The van der Waals surface area contributed by atoms with E-state index in [1.807, 2.05) is 0 Å². The highest BCUT2D eigenvalue weighted by Crippen LogP contribution is 2.31. The normalized spacial score (nSPS) is 11.4. The van der Waals surface area contributed by atoms with Crippen molar-refractivity contribution in [1.29, 1.82) is 0 Å². The van der Waals surface area contributed by atoms with Crippen LogP contribution in [0.1, 0.15) is 12.0 Å². The summed E-state index contributed by atoms with van der Waals surface area (Å²) >= 11 is 3.10. The molecule has 0 bridgehead atoms. The summed E-state index contributed by atoms with van der Waals surface area (Å²) in [6, 6.07) is 2.98. The minimum atomic E-state index is -2.48. The van der Waals surface area contributed by atoms with Crippen LogP contribution in [0.4, 0.5) is 8.78 Å². The summed E-state index contributed by atoms with van der Waals surface area (Å²) in [5.74, 6) is 0. The molecule has 2 nitrogen and oxygen atoms in total. The zero-order valence-corrected chi connectivity index (χ0v) is 7.98. The van der Waals surface area contributed by atoms with Gasteiger partial charge in [0.05, 0.1) is 16.3 Å². The highest BCUT2D eigenvalue weighted by molar-refractivity contribution is 9.10. The van der Waals surface area contributed by atoms with E-state index in [0.29, 0.717) is 9.99 Å². The van der Waals surface area contributed by atoms with Gasteiger partial charge in [-0.3, -0.25) is 0 Å². The quantitative estimate of drug-likeness (QED) is 0.823. The van der Waals surface area contributed by atoms with Gasteiger partial charge in [0, 0.05) is 5.56 Å². The van der Waals surface area contributed by atoms with Gasteiger partial charge in [-0.25, -0.2) is 13.8 Å². The van der Waals surface area contributed by atoms with E-state index in [1.165, 1.54) is 12.4 Å². The van der Waals surface area contributed by atoms with E-state index in [9.17, 15) is 8.78 Å². The lowest BCUT2D eigenvalue weighted by molar-refractivity contribution is 0.150. The van der Waals surface area contributed by atoms with E-state index < -0.39 is 6.43 Å². The van der Waals surface area contributed by atoms with Crippen LogP contribution in [0, 0.1) is 0 Å². The van der Waals surface area contributed by atoms with Crippen molar-refractivity contribution in [2.75, 3.05) is 0 Å². The van der Waals surface area contributed by atoms with Gasteiger partial charge in [-0.05, 0) is 28.1 Å². The Hall–Kier alpha value is -0.970. The SMILES string of the molecule is FC(F)c1ccc2[nH]cnc2c1Br. The molecule has 1 heterocycles. The molecule has 13 heavy (non-hydrogen) atoms. The molecule has 5 heteroatoms. The fourth-order valence-corrected chi connectivity index (χ4v) is 1.78. The van der Waals surface area contributed by atoms with E-state index in [2.05, 4.69) is 25.9 Å². The number of nitrogens with zero attached hydrogens (tertiary/aromatic N) is 1. The highest BCUT2D eigenvalue weighted by Gasteiger charge is 2.14. The van der Waals surface area contributed by atoms with Gasteiger partial charge in [-0.15, -0.1) is 0 Å². The fraction of sp³-hybridized carbons (Fsp3) is 0.125. The van der Waals surface area contributed by atoms with Crippen LogP contribution < -0.4 is 0 Å². The maximum Gasteiger partial charge on any atom is 0.265 e. The number of hydrogen-bond acceptors (Lipinski definition) is 1. The van der Waals surface area contributed by atoms with Crippen LogP contribution in [-0.2, 0) is 0 Å². The molecule has 0 aliphatic heterocycles. The smallest absolute Gasteiger partial charge is 0.265 e. The first kappa shape index (κ1) is 8.62. The van der Waals surface area contributed by atoms with E-state index >= 15 is 0 Å². The molecule has 0 atom stereocenters. The standard InChI is InChI=1S/C8H5BrF2N2/c9-6-4(8(10)11)1-2-5-7(6)13-3-12-5/h1-3,8H,(H,12,13). The first-order valence-electron chi connectivity index (χ1n) is 3.60. The van der Waals surface area contributed by atoms with E-state index in [4.69, 9.17) is 0 Å². The third-order valence-corrected chi connectivity index (χ3v) is 2.63. The molecule has 0 aliphatic carbocycles. The van der Waals surface area contributed by atoms with Crippen molar-refractivity contribution < 1.29 is 8.78 Å². The Morgan fingerprint density at radius 2 is 2.15 bits per heavy atom. The second-order valence-electron chi connectivity index (χ2n) is 2.57. The van der Waals surface area contributed by atoms with Gasteiger partial charge in [0.25, 0.3) is 6.43 Å². The lowest BCUT2D eigenvalue weighted by Crippen LogP contribution is -1.86. The predicted octanol–water partition coefficient (Wildman–Crippen LogP) is 3.26. The van der Waals surface area contributed by atoms with E-state index in [1.54, 1.807) is 6.07 Å². The van der Waals surface area contributed by atoms with Gasteiger partial charge in [0.15, 0.2) is 0 Å². The first-order valence-corrected chi connectivity index (χ1v) is 4.39. The Bertz CT molecular complexity index is 439. The van der Waals surface area contributed by atoms with Gasteiger partial charge >= 0.3 is 0 Å². The molecule has 68 valence electrons. The molecular formula is C8H5BrF2N2. The molecule has 0 radical (unpaired) electrons. The van der Waals surface area contributed by atoms with Crippen LogP contribution in [0.15, 0.2) is 22.9 Å². The number of fused-ring (bicyclic) bond motifs is 1. The van der Waals surface area contributed by atoms with Gasteiger partial charge in [0.2, 0.25) is 0 Å². The Labute approximate surface area is 81.1 Å². The molecular weight excluding hydrogens is 242 g/mol. The Balaban J connectivity index is 2.73. The summed E-state index contributed by atoms with van der Waals surface area (Å²) in [4.78, 5) is 6.77. The van der Waals surface area contributed by atoms with Crippen LogP contribution in [0.3, 0.4) is 0 Å². The topological polar surface area (TPSA) is 28.7 Å². The lowest BCUT2D eigenvalue weighted by Gasteiger charge is -2.02. The van der Waals surface area contributed by atoms with Gasteiger partial charge < -0.3 is 4.98 Å². The van der Waals surface area contributed by atoms with Crippen molar-refractivity contribution in [3.05, 3.63) is 28.5 Å². The number of alkyl halides is 2. The first-order chi connectivity index (χ1) is 6.20. The lowest BCUT2D eigenvalue weighted by atomic mass is 10.2. The van der Waals surface area contributed by atoms with Crippen LogP contribution in [0.2, 0.25) is 0 Å². The minimum Gasteiger partial charge on any atom is -0.345 e. The molecule has 1 N–H and O–H groups in total. The fourth-order valence-electron chi connectivity index (χ4n) is 1.16. The average molecular weight is 247 g/mol. The van der Waals surface area contributed by atoms with Gasteiger partial charge in [-0.1, -0.05) is 0 Å². The molecule has 0 amide bonds. The second kappa shape index (κ2) is 3.06. The maximum absolute atomic E-state index is 12.4. The zero-order chi connectivity index (χ0) is 9.42. The molecule has 0 saturated heterocycles. The Morgan fingerprint density at radius 3 is 2.85 bits per heavy atom. The number of hydrogen-bond donors (Lipinski definition) is 1. The van der Waals surface area contributed by atoms with Crippen molar-refractivity contribution in [3.63, 3.8) is 0 Å². The van der Waals surface area contributed by atoms with Gasteiger partial charge in [-0.2, -0.15) is 0 Å². The number of benzene rings is 1. The summed E-state index contributed by atoms with van der Waals surface area (Å²) in [6.07, 6.45) is -1.000. The third-order valence-electron chi connectivity index (χ3n) is 1.79. The van der Waals surface area contributed by atoms with Crippen molar-refractivity contribution in [2.45, 2.75) is 6.43 Å². The van der Waals surface area contributed by atoms with Crippen molar-refractivity contribution in [2.24, 2.45) is 0 Å². The minimum absolute atomic E-state index is 0.0281. The monoisotopic (exact) mass is 246 g/mol. The number of halogens is 3. The summed E-state index contributed by atoms with van der Waals surface area (Å²) in [7, 11) is 0. The van der Waals surface area contributed by atoms with Crippen molar-refractivity contribution in [3.8, 4) is 0 Å². The number of aromatic amines is 1. The average Bonchev–Trinajstić information content (AvgIpc) is 2.52. The molecule has 0 fully saturated rings.